The lowest BCUT2D eigenvalue weighted by Gasteiger charge is -2.37. The molecule has 1 saturated heterocycles. The SMILES string of the molecule is Fc1ccc(C(c2nnnn2Cc2ccccc2)N2CCCN(C3CCC3)CC2)cc1. The summed E-state index contributed by atoms with van der Waals surface area (Å²) >= 11 is 0. The van der Waals surface area contributed by atoms with Crippen molar-refractivity contribution in [3.05, 3.63) is 77.4 Å². The Bertz CT molecular complexity index is 969. The van der Waals surface area contributed by atoms with Gasteiger partial charge in [-0.2, -0.15) is 0 Å². The van der Waals surface area contributed by atoms with Crippen LogP contribution in [0.3, 0.4) is 0 Å². The number of rotatable bonds is 6. The van der Waals surface area contributed by atoms with Crippen molar-refractivity contribution in [2.45, 2.75) is 44.3 Å². The Labute approximate surface area is 182 Å². The number of nitrogens with zero attached hydrogens (tertiary/aromatic N) is 6. The van der Waals surface area contributed by atoms with Crippen LogP contribution in [0.5, 0.6) is 0 Å². The van der Waals surface area contributed by atoms with Gasteiger partial charge in [-0.05, 0) is 59.5 Å². The summed E-state index contributed by atoms with van der Waals surface area (Å²) in [7, 11) is 0. The van der Waals surface area contributed by atoms with E-state index in [2.05, 4.69) is 37.5 Å². The first-order valence-electron chi connectivity index (χ1n) is 11.3. The molecule has 31 heavy (non-hydrogen) atoms. The van der Waals surface area contributed by atoms with E-state index in [0.717, 1.165) is 55.6 Å². The Kier molecular flexibility index (Phi) is 6.04. The van der Waals surface area contributed by atoms with E-state index in [0.29, 0.717) is 6.54 Å². The molecule has 1 unspecified atom stereocenters. The summed E-state index contributed by atoms with van der Waals surface area (Å²) in [6, 6.07) is 17.7. The largest absolute Gasteiger partial charge is 0.299 e. The van der Waals surface area contributed by atoms with Crippen LogP contribution in [0.25, 0.3) is 0 Å². The third kappa shape index (κ3) is 4.52. The highest BCUT2D eigenvalue weighted by Crippen LogP contribution is 2.31. The van der Waals surface area contributed by atoms with Crippen molar-refractivity contribution in [1.29, 1.82) is 0 Å². The van der Waals surface area contributed by atoms with E-state index in [1.807, 2.05) is 35.0 Å². The second kappa shape index (κ2) is 9.24. The molecule has 7 heteroatoms. The highest BCUT2D eigenvalue weighted by Gasteiger charge is 2.32. The van der Waals surface area contributed by atoms with Gasteiger partial charge in [0.15, 0.2) is 5.82 Å². The summed E-state index contributed by atoms with van der Waals surface area (Å²) in [6.07, 6.45) is 5.14. The molecule has 1 saturated carbocycles. The minimum Gasteiger partial charge on any atom is -0.299 e. The molecule has 0 N–H and O–H groups in total. The van der Waals surface area contributed by atoms with Crippen molar-refractivity contribution in [3.63, 3.8) is 0 Å². The quantitative estimate of drug-likeness (QED) is 0.611. The second-order valence-electron chi connectivity index (χ2n) is 8.64. The van der Waals surface area contributed by atoms with Crippen LogP contribution >= 0.6 is 0 Å². The second-order valence-corrected chi connectivity index (χ2v) is 8.64. The molecule has 1 atom stereocenters. The maximum absolute atomic E-state index is 13.7. The zero-order chi connectivity index (χ0) is 21.0. The van der Waals surface area contributed by atoms with E-state index in [1.54, 1.807) is 0 Å². The molecule has 1 aliphatic heterocycles. The van der Waals surface area contributed by atoms with E-state index in [4.69, 9.17) is 0 Å². The molecule has 0 spiro atoms. The smallest absolute Gasteiger partial charge is 0.173 e. The maximum atomic E-state index is 13.7. The Hall–Kier alpha value is -2.64. The van der Waals surface area contributed by atoms with Crippen LogP contribution in [0, 0.1) is 5.82 Å². The molecule has 0 amide bonds. The van der Waals surface area contributed by atoms with Gasteiger partial charge >= 0.3 is 0 Å². The summed E-state index contributed by atoms with van der Waals surface area (Å²) in [5.41, 5.74) is 2.18. The van der Waals surface area contributed by atoms with Crippen LogP contribution < -0.4 is 0 Å². The molecular formula is C24H29FN6. The van der Waals surface area contributed by atoms with Gasteiger partial charge in [0, 0.05) is 25.7 Å². The Morgan fingerprint density at radius 1 is 0.903 bits per heavy atom. The van der Waals surface area contributed by atoms with Crippen LogP contribution in [0.4, 0.5) is 4.39 Å². The Balaban J connectivity index is 1.44. The minimum absolute atomic E-state index is 0.0966. The highest BCUT2D eigenvalue weighted by molar-refractivity contribution is 5.26. The fraction of sp³-hybridized carbons (Fsp3) is 0.458. The number of tetrazole rings is 1. The van der Waals surface area contributed by atoms with Crippen molar-refractivity contribution in [2.24, 2.45) is 0 Å². The normalized spacial score (nSPS) is 19.6. The zero-order valence-electron chi connectivity index (χ0n) is 17.8. The van der Waals surface area contributed by atoms with Crippen molar-refractivity contribution in [1.82, 2.24) is 30.0 Å². The van der Waals surface area contributed by atoms with Gasteiger partial charge in [-0.3, -0.25) is 9.80 Å². The summed E-state index contributed by atoms with van der Waals surface area (Å²) < 4.78 is 15.6. The Morgan fingerprint density at radius 2 is 1.71 bits per heavy atom. The first kappa shape index (κ1) is 20.3. The fourth-order valence-electron chi connectivity index (χ4n) is 4.78. The van der Waals surface area contributed by atoms with E-state index in [1.165, 1.54) is 31.4 Å². The van der Waals surface area contributed by atoms with Gasteiger partial charge in [-0.15, -0.1) is 5.10 Å². The lowest BCUT2D eigenvalue weighted by atomic mass is 9.91. The van der Waals surface area contributed by atoms with Crippen LogP contribution in [0.1, 0.15) is 48.7 Å². The molecule has 1 aromatic heterocycles. The van der Waals surface area contributed by atoms with Gasteiger partial charge in [-0.1, -0.05) is 48.9 Å². The van der Waals surface area contributed by atoms with Gasteiger partial charge in [0.05, 0.1) is 12.6 Å². The van der Waals surface area contributed by atoms with Gasteiger partial charge in [-0.25, -0.2) is 9.07 Å². The monoisotopic (exact) mass is 420 g/mol. The van der Waals surface area contributed by atoms with Crippen LogP contribution in [0.2, 0.25) is 0 Å². The first-order valence-corrected chi connectivity index (χ1v) is 11.3. The lowest BCUT2D eigenvalue weighted by molar-refractivity contribution is 0.127. The molecule has 5 rings (SSSR count). The van der Waals surface area contributed by atoms with E-state index in [9.17, 15) is 4.39 Å². The number of benzene rings is 2. The topological polar surface area (TPSA) is 50.1 Å². The molecule has 2 aliphatic rings. The summed E-state index contributed by atoms with van der Waals surface area (Å²) in [4.78, 5) is 5.12. The van der Waals surface area contributed by atoms with Gasteiger partial charge in [0.25, 0.3) is 0 Å². The molecule has 162 valence electrons. The molecule has 2 aromatic carbocycles. The molecule has 3 aromatic rings. The third-order valence-electron chi connectivity index (χ3n) is 6.69. The summed E-state index contributed by atoms with van der Waals surface area (Å²) in [6.45, 7) is 4.75. The predicted octanol–water partition coefficient (Wildman–Crippen LogP) is 3.51. The van der Waals surface area contributed by atoms with E-state index >= 15 is 0 Å². The summed E-state index contributed by atoms with van der Waals surface area (Å²) in [5.74, 6) is 0.589. The van der Waals surface area contributed by atoms with E-state index in [-0.39, 0.29) is 11.9 Å². The van der Waals surface area contributed by atoms with Gasteiger partial charge in [0.1, 0.15) is 5.82 Å². The molecule has 2 heterocycles. The van der Waals surface area contributed by atoms with Crippen molar-refractivity contribution in [2.75, 3.05) is 26.2 Å². The minimum atomic E-state index is -0.224. The number of halogens is 1. The van der Waals surface area contributed by atoms with E-state index < -0.39 is 0 Å². The molecular weight excluding hydrogens is 391 g/mol. The highest BCUT2D eigenvalue weighted by atomic mass is 19.1. The van der Waals surface area contributed by atoms with Crippen LogP contribution in [-0.4, -0.2) is 62.2 Å². The average Bonchev–Trinajstić information content (AvgIpc) is 3.06. The summed E-state index contributed by atoms with van der Waals surface area (Å²) in [5, 5.41) is 12.8. The molecule has 0 radical (unpaired) electrons. The van der Waals surface area contributed by atoms with Crippen molar-refractivity contribution in [3.8, 4) is 0 Å². The molecule has 6 nitrogen and oxygen atoms in total. The molecule has 2 fully saturated rings. The number of hydrogen-bond acceptors (Lipinski definition) is 5. The van der Waals surface area contributed by atoms with Crippen LogP contribution in [0.15, 0.2) is 54.6 Å². The lowest BCUT2D eigenvalue weighted by Crippen LogP contribution is -2.42. The van der Waals surface area contributed by atoms with Crippen molar-refractivity contribution < 1.29 is 4.39 Å². The standard InChI is InChI=1S/C24H29FN6/c25-21-12-10-20(11-13-21)23(30-15-5-14-29(16-17-30)22-8-4-9-22)24-26-27-28-31(24)18-19-6-2-1-3-7-19/h1-3,6-7,10-13,22-23H,4-5,8-9,14-18H2. The molecule has 0 bridgehead atoms. The number of aromatic nitrogens is 4. The van der Waals surface area contributed by atoms with Gasteiger partial charge in [0.2, 0.25) is 0 Å². The van der Waals surface area contributed by atoms with Crippen molar-refractivity contribution >= 4 is 0 Å². The fourth-order valence-corrected chi connectivity index (χ4v) is 4.78. The zero-order valence-corrected chi connectivity index (χ0v) is 17.8. The maximum Gasteiger partial charge on any atom is 0.173 e. The molecule has 1 aliphatic carbocycles. The third-order valence-corrected chi connectivity index (χ3v) is 6.69. The van der Waals surface area contributed by atoms with Gasteiger partial charge < -0.3 is 0 Å². The van der Waals surface area contributed by atoms with Crippen LogP contribution in [-0.2, 0) is 6.54 Å². The average molecular weight is 421 g/mol. The first-order chi connectivity index (χ1) is 15.3. The Morgan fingerprint density at radius 3 is 2.45 bits per heavy atom. The predicted molar refractivity (Wildman–Crippen MR) is 117 cm³/mol. The number of hydrogen-bond donors (Lipinski definition) is 0.